The number of ether oxygens (including phenoxy) is 3. The van der Waals surface area contributed by atoms with E-state index in [1.54, 1.807) is 0 Å². The number of hydrogen-bond donors (Lipinski definition) is 1. The van der Waals surface area contributed by atoms with E-state index >= 15 is 0 Å². The molecule has 1 N–H and O–H groups in total. The zero-order valence-corrected chi connectivity index (χ0v) is 8.06. The summed E-state index contributed by atoms with van der Waals surface area (Å²) < 4.78 is 23.7. The lowest BCUT2D eigenvalue weighted by atomic mass is 10.0. The molecule has 0 radical (unpaired) electrons. The predicted molar refractivity (Wildman–Crippen MR) is 44.9 cm³/mol. The van der Waals surface area contributed by atoms with Crippen LogP contribution in [0.2, 0.25) is 0 Å². The van der Waals surface area contributed by atoms with E-state index in [1.165, 1.54) is 0 Å². The fraction of sp³-hybridized carbons (Fsp3) is 1.00. The van der Waals surface area contributed by atoms with Crippen LogP contribution < -0.4 is 0 Å². The van der Waals surface area contributed by atoms with Gasteiger partial charge in [-0.1, -0.05) is 6.92 Å². The highest BCUT2D eigenvalue weighted by molar-refractivity contribution is 4.90. The summed E-state index contributed by atoms with van der Waals surface area (Å²) in [5.74, 6) is -0.643. The Hall–Kier alpha value is -0.160. The molecular formula is C9H16O4. The van der Waals surface area contributed by atoms with Crippen LogP contribution in [0.4, 0.5) is 0 Å². The van der Waals surface area contributed by atoms with Crippen LogP contribution in [0.5, 0.6) is 0 Å². The molecule has 0 aromatic rings. The van der Waals surface area contributed by atoms with E-state index in [9.17, 15) is 0 Å². The van der Waals surface area contributed by atoms with Crippen molar-refractivity contribution in [1.29, 1.82) is 0 Å². The van der Waals surface area contributed by atoms with Crippen molar-refractivity contribution in [1.82, 2.24) is 0 Å². The highest BCUT2D eigenvalue weighted by atomic mass is 16.8. The molecule has 2 rings (SSSR count). The minimum Gasteiger partial charge on any atom is -0.394 e. The van der Waals surface area contributed by atoms with Crippen LogP contribution in [-0.2, 0) is 14.2 Å². The molecule has 5 atom stereocenters. The molecule has 0 amide bonds. The van der Waals surface area contributed by atoms with Gasteiger partial charge in [0.25, 0.3) is 0 Å². The highest BCUT2D eigenvalue weighted by Crippen LogP contribution is 2.40. The van der Waals surface area contributed by atoms with Crippen LogP contribution in [0, 0.1) is 5.92 Å². The lowest BCUT2D eigenvalue weighted by Crippen LogP contribution is -2.30. The van der Waals surface area contributed by atoms with Crippen molar-refractivity contribution >= 4 is 0 Å². The van der Waals surface area contributed by atoms with E-state index in [4.69, 9.17) is 20.7 Å². The van der Waals surface area contributed by atoms with Gasteiger partial charge in [0.15, 0.2) is 12.1 Å². The fourth-order valence-electron chi connectivity index (χ4n) is 1.85. The van der Waals surface area contributed by atoms with Crippen molar-refractivity contribution in [2.45, 2.75) is 45.1 Å². The monoisotopic (exact) mass is 189 g/mol. The molecule has 0 saturated carbocycles. The molecule has 13 heavy (non-hydrogen) atoms. The van der Waals surface area contributed by atoms with Gasteiger partial charge in [0.05, 0.1) is 14.1 Å². The number of aliphatic hydroxyl groups is 1. The van der Waals surface area contributed by atoms with Crippen molar-refractivity contribution in [3.8, 4) is 0 Å². The van der Waals surface area contributed by atoms with E-state index in [2.05, 4.69) is 0 Å². The third-order valence-corrected chi connectivity index (χ3v) is 2.56. The highest BCUT2D eigenvalue weighted by Gasteiger charge is 2.52. The van der Waals surface area contributed by atoms with E-state index < -0.39 is 24.8 Å². The molecule has 2 heterocycles. The van der Waals surface area contributed by atoms with Crippen molar-refractivity contribution in [3.63, 3.8) is 0 Å². The van der Waals surface area contributed by atoms with E-state index in [0.717, 1.165) is 0 Å². The Kier molecular flexibility index (Phi) is 1.83. The SMILES string of the molecule is [2H]C(O)[C@H]1O[C@H]2OC(C)(C)O[C@H]2C1C. The molecule has 4 heteroatoms. The largest absolute Gasteiger partial charge is 0.394 e. The van der Waals surface area contributed by atoms with E-state index in [1.807, 2.05) is 20.8 Å². The molecular weight excluding hydrogens is 172 g/mol. The summed E-state index contributed by atoms with van der Waals surface area (Å²) in [5.41, 5.74) is 0. The van der Waals surface area contributed by atoms with Crippen LogP contribution in [0.25, 0.3) is 0 Å². The number of fused-ring (bicyclic) bond motifs is 1. The van der Waals surface area contributed by atoms with Crippen molar-refractivity contribution in [2.75, 3.05) is 6.58 Å². The van der Waals surface area contributed by atoms with Gasteiger partial charge in [-0.25, -0.2) is 0 Å². The standard InChI is InChI=1S/C9H16O4/c1-5-6(4-10)11-8-7(5)12-9(2,3)13-8/h5-8,10H,4H2,1-3H3/t5?,6-,7+,8+/m1/s1/i4D/t4?,5?,6-,7+,8+. The molecule has 4 nitrogen and oxygen atoms in total. The third kappa shape index (κ3) is 1.48. The van der Waals surface area contributed by atoms with Gasteiger partial charge in [-0.3, -0.25) is 0 Å². The second-order valence-corrected chi connectivity index (χ2v) is 4.08. The summed E-state index contributed by atoms with van der Waals surface area (Å²) in [6.45, 7) is 4.32. The lowest BCUT2D eigenvalue weighted by Gasteiger charge is -2.22. The van der Waals surface area contributed by atoms with Gasteiger partial charge in [0, 0.05) is 5.92 Å². The Morgan fingerprint density at radius 2 is 2.15 bits per heavy atom. The van der Waals surface area contributed by atoms with Gasteiger partial charge in [-0.2, -0.15) is 0 Å². The van der Waals surface area contributed by atoms with Crippen molar-refractivity contribution in [3.05, 3.63) is 0 Å². The minimum absolute atomic E-state index is 0.0192. The predicted octanol–water partition coefficient (Wildman–Crippen LogP) is 0.491. The Labute approximate surface area is 79.2 Å². The Morgan fingerprint density at radius 3 is 2.69 bits per heavy atom. The topological polar surface area (TPSA) is 47.9 Å². The summed E-state index contributed by atoms with van der Waals surface area (Å²) in [5, 5.41) is 9.14. The molecule has 2 unspecified atom stereocenters. The first-order chi connectivity index (χ1) is 6.41. The van der Waals surface area contributed by atoms with Crippen LogP contribution >= 0.6 is 0 Å². The van der Waals surface area contributed by atoms with Crippen LogP contribution in [0.3, 0.4) is 0 Å². The van der Waals surface area contributed by atoms with Gasteiger partial charge in [-0.05, 0) is 13.8 Å². The third-order valence-electron chi connectivity index (χ3n) is 2.56. The average Bonchev–Trinajstić information content (AvgIpc) is 2.46. The maximum Gasteiger partial charge on any atom is 0.187 e. The van der Waals surface area contributed by atoms with Crippen LogP contribution in [0.1, 0.15) is 22.1 Å². The molecule has 2 fully saturated rings. The molecule has 0 aromatic carbocycles. The Bertz CT molecular complexity index is 229. The first-order valence-electron chi connectivity index (χ1n) is 5.10. The zero-order chi connectivity index (χ0) is 10.5. The maximum atomic E-state index is 9.14. The first-order valence-corrected chi connectivity index (χ1v) is 4.52. The molecule has 0 aromatic heterocycles. The minimum atomic E-state index is -1.23. The number of aliphatic hydroxyl groups excluding tert-OH is 1. The van der Waals surface area contributed by atoms with Gasteiger partial charge < -0.3 is 19.3 Å². The van der Waals surface area contributed by atoms with Crippen molar-refractivity contribution in [2.24, 2.45) is 5.92 Å². The number of rotatable bonds is 1. The second-order valence-electron chi connectivity index (χ2n) is 4.08. The number of hydrogen-bond acceptors (Lipinski definition) is 4. The summed E-state index contributed by atoms with van der Waals surface area (Å²) in [6.07, 6.45) is -1.12. The van der Waals surface area contributed by atoms with Crippen molar-refractivity contribution < 1.29 is 20.7 Å². The van der Waals surface area contributed by atoms with Gasteiger partial charge in [0.1, 0.15) is 6.10 Å². The normalized spacial score (nSPS) is 51.5. The van der Waals surface area contributed by atoms with E-state index in [0.29, 0.717) is 0 Å². The molecule has 0 bridgehead atoms. The summed E-state index contributed by atoms with van der Waals surface area (Å²) in [4.78, 5) is 0. The smallest absolute Gasteiger partial charge is 0.187 e. The fourth-order valence-corrected chi connectivity index (χ4v) is 1.85. The van der Waals surface area contributed by atoms with Crippen LogP contribution in [0.15, 0.2) is 0 Å². The van der Waals surface area contributed by atoms with Gasteiger partial charge in [0.2, 0.25) is 0 Å². The summed E-state index contributed by atoms with van der Waals surface area (Å²) >= 11 is 0. The zero-order valence-electron chi connectivity index (χ0n) is 9.06. The maximum absolute atomic E-state index is 9.14. The second kappa shape index (κ2) is 2.92. The Balaban J connectivity index is 2.08. The molecule has 2 saturated heterocycles. The molecule has 2 aliphatic rings. The summed E-state index contributed by atoms with van der Waals surface area (Å²) in [7, 11) is 0. The van der Waals surface area contributed by atoms with Crippen LogP contribution in [-0.4, -0.2) is 36.0 Å². The molecule has 0 spiro atoms. The first kappa shape index (κ1) is 8.17. The van der Waals surface area contributed by atoms with Gasteiger partial charge >= 0.3 is 0 Å². The quantitative estimate of drug-likeness (QED) is 0.652. The van der Waals surface area contributed by atoms with Gasteiger partial charge in [-0.15, -0.1) is 0 Å². The molecule has 0 aliphatic carbocycles. The Morgan fingerprint density at radius 1 is 1.46 bits per heavy atom. The lowest BCUT2D eigenvalue weighted by molar-refractivity contribution is -0.212. The summed E-state index contributed by atoms with van der Waals surface area (Å²) in [6, 6.07) is 0. The van der Waals surface area contributed by atoms with E-state index in [-0.39, 0.29) is 12.0 Å². The average molecular weight is 189 g/mol. The molecule has 76 valence electrons. The molecule has 2 aliphatic heterocycles.